The van der Waals surface area contributed by atoms with Gasteiger partial charge in [0.05, 0.1) is 4.34 Å². The minimum absolute atomic E-state index is 0.133. The number of anilines is 1. The van der Waals surface area contributed by atoms with Crippen LogP contribution in [0.15, 0.2) is 35.4 Å². The molecule has 102 valence electrons. The third kappa shape index (κ3) is 3.66. The fraction of sp³-hybridized carbons (Fsp3) is 0.182. The van der Waals surface area contributed by atoms with Crippen molar-refractivity contribution in [1.29, 1.82) is 0 Å². The van der Waals surface area contributed by atoms with Crippen LogP contribution in [0.25, 0.3) is 0 Å². The van der Waals surface area contributed by atoms with Crippen molar-refractivity contribution in [3.63, 3.8) is 0 Å². The molecule has 0 aliphatic heterocycles. The zero-order chi connectivity index (χ0) is 13.9. The number of hydrogen-bond acceptors (Lipinski definition) is 5. The molecule has 2 N–H and O–H groups in total. The molecule has 0 amide bonds. The maximum absolute atomic E-state index is 12.0. The highest BCUT2D eigenvalue weighted by molar-refractivity contribution is 7.89. The first-order valence-corrected chi connectivity index (χ1v) is 8.07. The van der Waals surface area contributed by atoms with E-state index in [4.69, 9.17) is 11.6 Å². The molecule has 0 aliphatic rings. The van der Waals surface area contributed by atoms with Crippen LogP contribution in [0.3, 0.4) is 0 Å². The van der Waals surface area contributed by atoms with Crippen LogP contribution >= 0.6 is 22.9 Å². The Hall–Kier alpha value is -1.15. The van der Waals surface area contributed by atoms with Crippen LogP contribution in [-0.4, -0.2) is 20.4 Å². The van der Waals surface area contributed by atoms with Crippen molar-refractivity contribution >= 4 is 38.8 Å². The van der Waals surface area contributed by atoms with Crippen LogP contribution in [0, 0.1) is 0 Å². The van der Waals surface area contributed by atoms with Crippen LogP contribution < -0.4 is 10.0 Å². The molecule has 2 heterocycles. The summed E-state index contributed by atoms with van der Waals surface area (Å²) in [5.41, 5.74) is 0. The molecule has 5 nitrogen and oxygen atoms in total. The molecule has 19 heavy (non-hydrogen) atoms. The molecule has 0 saturated carbocycles. The molecule has 0 aliphatic carbocycles. The standard InChI is InChI=1S/C11H12ClN3O2S2/c1-13-11-5-3-9(7-14-11)19(16,17)15-6-8-2-4-10(12)18-8/h2-5,7,15H,6H2,1H3,(H,13,14). The number of nitrogens with one attached hydrogen (secondary N) is 2. The van der Waals surface area contributed by atoms with Crippen molar-refractivity contribution in [3.05, 3.63) is 39.7 Å². The smallest absolute Gasteiger partial charge is 0.242 e. The van der Waals surface area contributed by atoms with Gasteiger partial charge in [-0.05, 0) is 24.3 Å². The van der Waals surface area contributed by atoms with E-state index in [1.54, 1.807) is 25.2 Å². The molecular formula is C11H12ClN3O2S2. The molecule has 2 aromatic heterocycles. The van der Waals surface area contributed by atoms with Gasteiger partial charge in [0.15, 0.2) is 0 Å². The number of sulfonamides is 1. The quantitative estimate of drug-likeness (QED) is 0.888. The minimum atomic E-state index is -3.55. The van der Waals surface area contributed by atoms with Crippen LogP contribution in [0.1, 0.15) is 4.88 Å². The number of aromatic nitrogens is 1. The van der Waals surface area contributed by atoms with E-state index in [-0.39, 0.29) is 11.4 Å². The molecule has 2 rings (SSSR count). The molecule has 0 spiro atoms. The predicted molar refractivity (Wildman–Crippen MR) is 77.1 cm³/mol. The Morgan fingerprint density at radius 2 is 2.11 bits per heavy atom. The van der Waals surface area contributed by atoms with Crippen LogP contribution in [0.2, 0.25) is 4.34 Å². The Morgan fingerprint density at radius 1 is 1.32 bits per heavy atom. The lowest BCUT2D eigenvalue weighted by Crippen LogP contribution is -2.22. The molecule has 0 bridgehead atoms. The third-order valence-corrected chi connectivity index (χ3v) is 4.99. The second-order valence-electron chi connectivity index (χ2n) is 3.66. The van der Waals surface area contributed by atoms with Gasteiger partial charge < -0.3 is 5.32 Å². The van der Waals surface area contributed by atoms with E-state index in [1.807, 2.05) is 0 Å². The molecular weight excluding hydrogens is 306 g/mol. The highest BCUT2D eigenvalue weighted by Crippen LogP contribution is 2.21. The summed E-state index contributed by atoms with van der Waals surface area (Å²) in [7, 11) is -1.83. The average molecular weight is 318 g/mol. The number of halogens is 1. The molecule has 0 aromatic carbocycles. The maximum atomic E-state index is 12.0. The summed E-state index contributed by atoms with van der Waals surface area (Å²) >= 11 is 7.13. The number of rotatable bonds is 5. The van der Waals surface area contributed by atoms with Crippen LogP contribution in [-0.2, 0) is 16.6 Å². The zero-order valence-electron chi connectivity index (χ0n) is 10.1. The van der Waals surface area contributed by atoms with Gasteiger partial charge >= 0.3 is 0 Å². The van der Waals surface area contributed by atoms with Gasteiger partial charge in [0.1, 0.15) is 10.7 Å². The van der Waals surface area contributed by atoms with Crippen LogP contribution in [0.5, 0.6) is 0 Å². The van der Waals surface area contributed by atoms with Crippen molar-refractivity contribution in [1.82, 2.24) is 9.71 Å². The summed E-state index contributed by atoms with van der Waals surface area (Å²) in [6.07, 6.45) is 1.32. The Bertz CT molecular complexity index is 653. The number of hydrogen-bond donors (Lipinski definition) is 2. The second-order valence-corrected chi connectivity index (χ2v) is 7.23. The maximum Gasteiger partial charge on any atom is 0.242 e. The van der Waals surface area contributed by atoms with E-state index in [0.29, 0.717) is 10.2 Å². The largest absolute Gasteiger partial charge is 0.373 e. The first-order chi connectivity index (χ1) is 9.01. The van der Waals surface area contributed by atoms with Gasteiger partial charge in [0.2, 0.25) is 10.0 Å². The zero-order valence-corrected chi connectivity index (χ0v) is 12.4. The van der Waals surface area contributed by atoms with Crippen molar-refractivity contribution < 1.29 is 8.42 Å². The van der Waals surface area contributed by atoms with Gasteiger partial charge in [0.25, 0.3) is 0 Å². The summed E-state index contributed by atoms with van der Waals surface area (Å²) in [5.74, 6) is 0.615. The Morgan fingerprint density at radius 3 is 2.63 bits per heavy atom. The van der Waals surface area contributed by atoms with Gasteiger partial charge in [-0.3, -0.25) is 0 Å². The molecule has 0 atom stereocenters. The van der Waals surface area contributed by atoms with Gasteiger partial charge in [-0.25, -0.2) is 18.1 Å². The molecule has 0 unspecified atom stereocenters. The summed E-state index contributed by atoms with van der Waals surface area (Å²) in [5, 5.41) is 2.83. The lowest BCUT2D eigenvalue weighted by molar-refractivity contribution is 0.581. The first kappa shape index (κ1) is 14.3. The summed E-state index contributed by atoms with van der Waals surface area (Å²) in [6.45, 7) is 0.216. The molecule has 8 heteroatoms. The molecule has 2 aromatic rings. The lowest BCUT2D eigenvalue weighted by atomic mass is 10.5. The molecule has 0 radical (unpaired) electrons. The fourth-order valence-electron chi connectivity index (χ4n) is 1.38. The van der Waals surface area contributed by atoms with Crippen molar-refractivity contribution in [3.8, 4) is 0 Å². The lowest BCUT2D eigenvalue weighted by Gasteiger charge is -2.06. The summed E-state index contributed by atoms with van der Waals surface area (Å²) in [4.78, 5) is 4.96. The van der Waals surface area contributed by atoms with Gasteiger partial charge in [-0.1, -0.05) is 11.6 Å². The SMILES string of the molecule is CNc1ccc(S(=O)(=O)NCc2ccc(Cl)s2)cn1. The third-order valence-electron chi connectivity index (χ3n) is 2.37. The topological polar surface area (TPSA) is 71.1 Å². The Balaban J connectivity index is 2.09. The molecule has 0 fully saturated rings. The number of nitrogens with zero attached hydrogens (tertiary/aromatic N) is 1. The van der Waals surface area contributed by atoms with E-state index >= 15 is 0 Å². The van der Waals surface area contributed by atoms with Gasteiger partial charge in [-0.2, -0.15) is 0 Å². The van der Waals surface area contributed by atoms with Crippen LogP contribution in [0.4, 0.5) is 5.82 Å². The normalized spacial score (nSPS) is 11.5. The Labute approximate surface area is 120 Å². The monoisotopic (exact) mass is 317 g/mol. The highest BCUT2D eigenvalue weighted by atomic mass is 35.5. The van der Waals surface area contributed by atoms with E-state index < -0.39 is 10.0 Å². The first-order valence-electron chi connectivity index (χ1n) is 5.39. The fourth-order valence-corrected chi connectivity index (χ4v) is 3.45. The Kier molecular flexibility index (Phi) is 4.41. The predicted octanol–water partition coefficient (Wildman–Crippen LogP) is 2.32. The van der Waals surface area contributed by atoms with Crippen molar-refractivity contribution in [2.75, 3.05) is 12.4 Å². The second kappa shape index (κ2) is 5.87. The van der Waals surface area contributed by atoms with Crippen molar-refractivity contribution in [2.24, 2.45) is 0 Å². The highest BCUT2D eigenvalue weighted by Gasteiger charge is 2.14. The number of pyridine rings is 1. The van der Waals surface area contributed by atoms with Crippen molar-refractivity contribution in [2.45, 2.75) is 11.4 Å². The van der Waals surface area contributed by atoms with Gasteiger partial charge in [-0.15, -0.1) is 11.3 Å². The van der Waals surface area contributed by atoms with E-state index in [2.05, 4.69) is 15.0 Å². The van der Waals surface area contributed by atoms with E-state index in [9.17, 15) is 8.42 Å². The molecule has 0 saturated heterocycles. The average Bonchev–Trinajstić information content (AvgIpc) is 2.82. The number of thiophene rings is 1. The van der Waals surface area contributed by atoms with Gasteiger partial charge in [0, 0.05) is 24.7 Å². The minimum Gasteiger partial charge on any atom is -0.373 e. The summed E-state index contributed by atoms with van der Waals surface area (Å²) < 4.78 is 27.2. The van der Waals surface area contributed by atoms with E-state index in [1.165, 1.54) is 23.6 Å². The summed E-state index contributed by atoms with van der Waals surface area (Å²) in [6, 6.07) is 6.64. The van der Waals surface area contributed by atoms with E-state index in [0.717, 1.165) is 4.88 Å².